The first-order chi connectivity index (χ1) is 61.7. The van der Waals surface area contributed by atoms with Crippen molar-refractivity contribution >= 4 is 77.2 Å². The minimum Gasteiger partial charge on any atom is -0.496 e. The molecule has 0 fully saturated rings. The molecule has 0 aromatic heterocycles. The molecular weight excluding hydrogens is 1640 g/mol. The van der Waals surface area contributed by atoms with Crippen LogP contribution in [-0.4, -0.2) is 162 Å². The van der Waals surface area contributed by atoms with Gasteiger partial charge in [0.05, 0.1) is 74.9 Å². The van der Waals surface area contributed by atoms with Crippen LogP contribution >= 0.6 is 0 Å². The summed E-state index contributed by atoms with van der Waals surface area (Å²) in [6, 6.07) is 49.9. The van der Waals surface area contributed by atoms with Crippen LogP contribution in [0.15, 0.2) is 194 Å². The molecule has 0 bridgehead atoms. The predicted molar refractivity (Wildman–Crippen MR) is 476 cm³/mol. The molecule has 8 rings (SSSR count). The van der Waals surface area contributed by atoms with Crippen molar-refractivity contribution < 1.29 is 105 Å². The number of carbonyl (C=O) groups excluding carboxylic acids is 13. The Kier molecular flexibility index (Phi) is 40.8. The van der Waals surface area contributed by atoms with Crippen LogP contribution in [0.5, 0.6) is 23.0 Å². The summed E-state index contributed by atoms with van der Waals surface area (Å²) in [6.45, 7) is 5.87. The molecule has 0 saturated heterocycles. The quantitative estimate of drug-likeness (QED) is 0.0126. The molecule has 0 aliphatic rings. The molecule has 0 aliphatic carbocycles. The average molecular weight is 1760 g/mol. The second-order valence-corrected chi connectivity index (χ2v) is 31.3. The lowest BCUT2D eigenvalue weighted by molar-refractivity contribution is -0.121. The van der Waals surface area contributed by atoms with Crippen molar-refractivity contribution in [2.45, 2.75) is 180 Å². The Labute approximate surface area is 745 Å². The van der Waals surface area contributed by atoms with Crippen LogP contribution in [0.1, 0.15) is 184 Å². The number of nitrogens with one attached hydrogen (secondary N) is 8. The minimum atomic E-state index is -1.25. The van der Waals surface area contributed by atoms with Gasteiger partial charge in [-0.25, -0.2) is 24.0 Å². The molecule has 31 heteroatoms. The fourth-order valence-corrected chi connectivity index (χ4v) is 13.6. The van der Waals surface area contributed by atoms with Crippen molar-refractivity contribution in [2.24, 2.45) is 5.73 Å². The van der Waals surface area contributed by atoms with E-state index in [1.54, 1.807) is 45.0 Å². The van der Waals surface area contributed by atoms with Gasteiger partial charge in [0.25, 0.3) is 23.6 Å². The third-order valence-corrected chi connectivity index (χ3v) is 20.3. The normalized spacial score (nSPS) is 11.8. The fraction of sp³-hybridized carbons (Fsp3) is 0.371. The Bertz CT molecular complexity index is 5030. The second-order valence-electron chi connectivity index (χ2n) is 31.3. The lowest BCUT2D eigenvalue weighted by Gasteiger charge is -2.23. The number of methoxy groups -OCH3 is 4. The summed E-state index contributed by atoms with van der Waals surface area (Å²) in [5.41, 5.74) is 9.15. The largest absolute Gasteiger partial charge is 0.496 e. The van der Waals surface area contributed by atoms with E-state index in [0.717, 1.165) is 22.3 Å². The number of ketones is 4. The van der Waals surface area contributed by atoms with Crippen molar-refractivity contribution in [3.63, 3.8) is 0 Å². The smallest absolute Gasteiger partial charge is 0.408 e. The maximum absolute atomic E-state index is 15.0. The monoisotopic (exact) mass is 1760 g/mol. The van der Waals surface area contributed by atoms with Gasteiger partial charge in [-0.15, -0.1) is 0 Å². The number of ether oxygens (including phenoxy) is 9. The van der Waals surface area contributed by atoms with Gasteiger partial charge in [0.1, 0.15) is 55.0 Å². The van der Waals surface area contributed by atoms with Crippen LogP contribution in [0.25, 0.3) is 0 Å². The summed E-state index contributed by atoms with van der Waals surface area (Å²) in [6.07, 6.45) is -1.70. The molecule has 128 heavy (non-hydrogen) atoms. The number of alkyl carbamates (subject to hydrolysis) is 5. The van der Waals surface area contributed by atoms with Crippen LogP contribution < -0.4 is 67.2 Å². The van der Waals surface area contributed by atoms with E-state index in [1.807, 2.05) is 121 Å². The number of carbonyl (C=O) groups is 13. The zero-order valence-corrected chi connectivity index (χ0v) is 73.3. The van der Waals surface area contributed by atoms with Crippen LogP contribution in [0.4, 0.5) is 24.0 Å². The van der Waals surface area contributed by atoms with Crippen molar-refractivity contribution in [3.05, 3.63) is 261 Å². The third-order valence-electron chi connectivity index (χ3n) is 20.3. The summed E-state index contributed by atoms with van der Waals surface area (Å²) in [5, 5.41) is 22.2. The summed E-state index contributed by atoms with van der Waals surface area (Å²) in [7, 11) is 5.39. The molecule has 0 saturated carbocycles. The topological polar surface area (TPSA) is 427 Å². The van der Waals surface area contributed by atoms with E-state index < -0.39 is 107 Å². The molecule has 0 aliphatic heterocycles. The highest BCUT2D eigenvalue weighted by atomic mass is 16.6. The van der Waals surface area contributed by atoms with E-state index in [9.17, 15) is 47.9 Å². The van der Waals surface area contributed by atoms with Crippen molar-refractivity contribution in [2.75, 3.05) is 54.6 Å². The standard InChI is InChI=1S/C97H115N9O22/c1-97(2,3)128-96(119)106-79(39-23-27-51-102-95(118)127-63-67-34-18-11-19-35-67)83(110)59-71-43-47-87(123-7)75(55-71)91(114)105-78(38-22-26-50-101-94(117)126-62-66-32-16-10-17-33-66)82(109)58-70-42-46-86(122-6)74(54-70)90(113)104-77(37-21-25-49-100-93(116)125-61-65-30-14-9-15-31-65)81(108)57-69-41-45-85(121-5)73(53-69)89(112)103-76(80(107)56-68-40-44-84(120-4)72(52-68)88(98)111)36-20-24-48-99-92(115)124-60-64-28-12-8-13-29-64/h8-19,28-35,40-47,52-55,76-79H,20-27,36-39,48-51,56-63H2,1-7H3,(H2,98,111)(H,99,115)(H,100,116)(H,101,117)(H,102,118)(H,103,112)(H,104,113)(H,105,114)(H,106,119)/t76-,77-,78-,79-/m0/s1. The van der Waals surface area contributed by atoms with Crippen LogP contribution in [0.2, 0.25) is 0 Å². The van der Waals surface area contributed by atoms with Gasteiger partial charge in [-0.1, -0.05) is 146 Å². The lowest BCUT2D eigenvalue weighted by atomic mass is 9.95. The molecule has 31 nitrogen and oxygen atoms in total. The van der Waals surface area contributed by atoms with Crippen molar-refractivity contribution in [1.29, 1.82) is 0 Å². The van der Waals surface area contributed by atoms with E-state index in [1.165, 1.54) is 77.0 Å². The first kappa shape index (κ1) is 99.3. The van der Waals surface area contributed by atoms with Gasteiger partial charge in [0.15, 0.2) is 23.1 Å². The number of Topliss-reactive ketones (excluding diaryl/α,β-unsaturated/α-hetero) is 4. The Morgan fingerprint density at radius 3 is 0.758 bits per heavy atom. The SMILES string of the molecule is COc1ccc(CC(=O)[C@H](CCCCNC(=O)OCc2ccccc2)NC(=O)c2cc(CC(=O)[C@H](CCCCNC(=O)OCc3ccccc3)NC(=O)c3cc(CC(=O)[C@H](CCCCNC(=O)OCc4ccccc4)NC(=O)c4cc(CC(=O)[C@H](CCCCNC(=O)OCc5ccccc5)NC(=O)OC(C)(C)C)ccc4OC)ccc3OC)ccc2OC)cc1C(N)=O. The molecule has 0 heterocycles. The number of benzene rings is 8. The molecule has 8 aromatic rings. The van der Waals surface area contributed by atoms with Gasteiger partial charge >= 0.3 is 30.5 Å². The Balaban J connectivity index is 1.00. The molecule has 10 N–H and O–H groups in total. The van der Waals surface area contributed by atoms with Gasteiger partial charge < -0.3 is 90.9 Å². The highest BCUT2D eigenvalue weighted by Gasteiger charge is 2.31. The first-order valence-electron chi connectivity index (χ1n) is 42.5. The predicted octanol–water partition coefficient (Wildman–Crippen LogP) is 12.9. The van der Waals surface area contributed by atoms with Crippen molar-refractivity contribution in [3.8, 4) is 23.0 Å². The number of primary amides is 1. The third kappa shape index (κ3) is 34.8. The molecule has 4 atom stereocenters. The van der Waals surface area contributed by atoms with Gasteiger partial charge in [0, 0.05) is 51.9 Å². The Hall–Kier alpha value is -14.1. The van der Waals surface area contributed by atoms with Crippen LogP contribution in [-0.2, 0) is 95.0 Å². The van der Waals surface area contributed by atoms with Crippen LogP contribution in [0, 0.1) is 0 Å². The highest BCUT2D eigenvalue weighted by Crippen LogP contribution is 2.28. The zero-order valence-electron chi connectivity index (χ0n) is 73.3. The maximum Gasteiger partial charge on any atom is 0.408 e. The van der Waals surface area contributed by atoms with E-state index in [2.05, 4.69) is 42.5 Å². The number of nitrogens with two attached hydrogens (primary N) is 1. The second kappa shape index (κ2) is 52.6. The maximum atomic E-state index is 15.0. The van der Waals surface area contributed by atoms with E-state index in [4.69, 9.17) is 48.4 Å². The van der Waals surface area contributed by atoms with Gasteiger partial charge in [-0.3, -0.25) is 38.4 Å². The van der Waals surface area contributed by atoms with E-state index in [0.29, 0.717) is 60.8 Å². The Morgan fingerprint density at radius 2 is 0.523 bits per heavy atom. The van der Waals surface area contributed by atoms with Gasteiger partial charge in [-0.2, -0.15) is 0 Å². The number of hydrogen-bond donors (Lipinski definition) is 9. The average Bonchev–Trinajstić information content (AvgIpc) is 0.825. The molecule has 680 valence electrons. The summed E-state index contributed by atoms with van der Waals surface area (Å²) >= 11 is 0. The molecule has 8 aromatic carbocycles. The number of amides is 9. The zero-order chi connectivity index (χ0) is 92.2. The van der Waals surface area contributed by atoms with Crippen LogP contribution in [0.3, 0.4) is 0 Å². The highest BCUT2D eigenvalue weighted by molar-refractivity contribution is 6.04. The molecule has 9 amide bonds. The summed E-state index contributed by atoms with van der Waals surface area (Å²) in [5.74, 6) is -4.53. The number of hydrogen-bond acceptors (Lipinski definition) is 22. The molecular formula is C97H115N9O22. The van der Waals surface area contributed by atoms with Gasteiger partial charge in [-0.05, 0) is 191 Å². The molecule has 0 spiro atoms. The van der Waals surface area contributed by atoms with E-state index in [-0.39, 0.29) is 162 Å². The first-order valence-corrected chi connectivity index (χ1v) is 42.5. The molecule has 0 radical (unpaired) electrons. The molecule has 0 unspecified atom stereocenters. The lowest BCUT2D eigenvalue weighted by Crippen LogP contribution is -2.44. The summed E-state index contributed by atoms with van der Waals surface area (Å²) in [4.78, 5) is 180. The summed E-state index contributed by atoms with van der Waals surface area (Å²) < 4.78 is 49.4. The minimum absolute atomic E-state index is 0.0216. The fourth-order valence-electron chi connectivity index (χ4n) is 13.6. The van der Waals surface area contributed by atoms with E-state index >= 15 is 14.4 Å². The van der Waals surface area contributed by atoms with Crippen molar-refractivity contribution in [1.82, 2.24) is 42.5 Å². The number of rotatable bonds is 52. The van der Waals surface area contributed by atoms with Gasteiger partial charge in [0.2, 0.25) is 0 Å². The Morgan fingerprint density at radius 1 is 0.289 bits per heavy atom. The number of unbranched alkanes of at least 4 members (excludes halogenated alkanes) is 4.